The molecule has 0 aliphatic carbocycles. The fourth-order valence-corrected chi connectivity index (χ4v) is 3.54. The molecule has 2 aromatic heterocycles. The van der Waals surface area contributed by atoms with E-state index in [1.165, 1.54) is 0 Å². The van der Waals surface area contributed by atoms with E-state index in [0.717, 1.165) is 33.5 Å². The topological polar surface area (TPSA) is 56.2 Å². The molecule has 0 unspecified atom stereocenters. The molecule has 1 aromatic carbocycles. The van der Waals surface area contributed by atoms with Gasteiger partial charge in [0.25, 0.3) is 0 Å². The molecule has 0 atom stereocenters. The molecule has 0 saturated carbocycles. The summed E-state index contributed by atoms with van der Waals surface area (Å²) in [5.74, 6) is 0.874. The maximum atomic E-state index is 12.2. The highest BCUT2D eigenvalue weighted by Gasteiger charge is 2.28. The molecule has 3 aromatic rings. The third-order valence-electron chi connectivity index (χ3n) is 4.35. The van der Waals surface area contributed by atoms with Gasteiger partial charge in [-0.2, -0.15) is 0 Å². The van der Waals surface area contributed by atoms with Gasteiger partial charge in [-0.1, -0.05) is 12.2 Å². The van der Waals surface area contributed by atoms with E-state index in [2.05, 4.69) is 4.98 Å². The zero-order valence-corrected chi connectivity index (χ0v) is 14.9. The second kappa shape index (κ2) is 5.60. The number of hydrogen-bond acceptors (Lipinski definition) is 4. The van der Waals surface area contributed by atoms with Crippen LogP contribution in [0.3, 0.4) is 0 Å². The van der Waals surface area contributed by atoms with Gasteiger partial charge in [0.2, 0.25) is 0 Å². The van der Waals surface area contributed by atoms with Crippen LogP contribution in [0.15, 0.2) is 30.5 Å². The zero-order chi connectivity index (χ0) is 17.7. The molecule has 25 heavy (non-hydrogen) atoms. The van der Waals surface area contributed by atoms with E-state index in [-0.39, 0.29) is 0 Å². The maximum absolute atomic E-state index is 12.2. The van der Waals surface area contributed by atoms with Gasteiger partial charge in [0, 0.05) is 41.0 Å². The Balaban J connectivity index is 1.93. The number of H-pyrrole nitrogens is 1. The number of methoxy groups -OCH3 is 1. The summed E-state index contributed by atoms with van der Waals surface area (Å²) in [4.78, 5) is 15.2. The summed E-state index contributed by atoms with van der Waals surface area (Å²) >= 11 is 5.27. The molecular formula is C19H16N2O3S. The second-order valence-electron chi connectivity index (χ2n) is 6.05. The van der Waals surface area contributed by atoms with E-state index in [1.807, 2.05) is 55.1 Å². The van der Waals surface area contributed by atoms with Crippen LogP contribution in [0.1, 0.15) is 27.2 Å². The molecule has 5 nitrogen and oxygen atoms in total. The van der Waals surface area contributed by atoms with Gasteiger partial charge in [0.05, 0.1) is 7.11 Å². The average molecular weight is 352 g/mol. The van der Waals surface area contributed by atoms with Gasteiger partial charge in [-0.15, -0.1) is 0 Å². The van der Waals surface area contributed by atoms with Crippen LogP contribution in [0.2, 0.25) is 0 Å². The zero-order valence-electron chi connectivity index (χ0n) is 14.0. The number of hydrogen-bond donors (Lipinski definition) is 1. The lowest BCUT2D eigenvalue weighted by Crippen LogP contribution is -1.97. The quantitative estimate of drug-likeness (QED) is 0.554. The van der Waals surface area contributed by atoms with Crippen LogP contribution in [0.5, 0.6) is 5.75 Å². The van der Waals surface area contributed by atoms with Crippen molar-refractivity contribution in [3.8, 4) is 5.75 Å². The monoisotopic (exact) mass is 352 g/mol. The van der Waals surface area contributed by atoms with Crippen LogP contribution in [0.25, 0.3) is 22.7 Å². The third kappa shape index (κ3) is 2.46. The normalized spacial score (nSPS) is 14.8. The predicted octanol–water partition coefficient (Wildman–Crippen LogP) is 4.22. The van der Waals surface area contributed by atoms with Crippen LogP contribution < -0.4 is 4.74 Å². The number of benzene rings is 1. The number of nitrogens with zero attached hydrogens (tertiary/aromatic N) is 1. The van der Waals surface area contributed by atoms with E-state index >= 15 is 0 Å². The van der Waals surface area contributed by atoms with Gasteiger partial charge in [0.1, 0.15) is 21.7 Å². The maximum Gasteiger partial charge on any atom is 0.347 e. The first-order chi connectivity index (χ1) is 12.0. The number of cyclic esters (lactones) is 1. The third-order valence-corrected chi connectivity index (χ3v) is 4.66. The molecule has 4 rings (SSSR count). The van der Waals surface area contributed by atoms with Gasteiger partial charge >= 0.3 is 5.97 Å². The Kier molecular flexibility index (Phi) is 3.51. The summed E-state index contributed by atoms with van der Waals surface area (Å²) in [5.41, 5.74) is 4.05. The van der Waals surface area contributed by atoms with Gasteiger partial charge in [-0.3, -0.25) is 0 Å². The number of ether oxygens (including phenoxy) is 2. The Morgan fingerprint density at radius 3 is 2.88 bits per heavy atom. The van der Waals surface area contributed by atoms with Crippen molar-refractivity contribution in [3.05, 3.63) is 57.5 Å². The second-order valence-corrected chi connectivity index (χ2v) is 6.45. The minimum absolute atomic E-state index is 0.406. The Labute approximate surface area is 149 Å². The molecule has 0 spiro atoms. The smallest absolute Gasteiger partial charge is 0.347 e. The molecule has 1 aliphatic heterocycles. The number of rotatable bonds is 2. The number of carbonyl (C=O) groups excluding carboxylic acids is 1. The van der Waals surface area contributed by atoms with Crippen molar-refractivity contribution in [2.45, 2.75) is 6.92 Å². The Morgan fingerprint density at radius 2 is 2.12 bits per heavy atom. The fraction of sp³-hybridized carbons (Fsp3) is 0.158. The summed E-state index contributed by atoms with van der Waals surface area (Å²) in [6, 6.07) is 7.79. The van der Waals surface area contributed by atoms with Crippen molar-refractivity contribution in [1.29, 1.82) is 0 Å². The summed E-state index contributed by atoms with van der Waals surface area (Å²) in [6.07, 6.45) is 3.87. The number of carbonyl (C=O) groups is 1. The molecule has 126 valence electrons. The average Bonchev–Trinajstić information content (AvgIpc) is 3.05. The van der Waals surface area contributed by atoms with Gasteiger partial charge in [-0.25, -0.2) is 4.79 Å². The highest BCUT2D eigenvalue weighted by atomic mass is 32.1. The Hall–Kier alpha value is -2.86. The molecule has 0 bridgehead atoms. The highest BCUT2D eigenvalue weighted by molar-refractivity contribution is 7.71. The van der Waals surface area contributed by atoms with Crippen LogP contribution in [0, 0.1) is 11.6 Å². The van der Waals surface area contributed by atoms with Crippen LogP contribution in [-0.4, -0.2) is 22.6 Å². The lowest BCUT2D eigenvalue weighted by Gasteiger charge is -2.02. The van der Waals surface area contributed by atoms with Crippen LogP contribution >= 0.6 is 12.2 Å². The minimum atomic E-state index is -0.416. The van der Waals surface area contributed by atoms with E-state index < -0.39 is 5.97 Å². The molecule has 0 amide bonds. The molecule has 1 N–H and O–H groups in total. The lowest BCUT2D eigenvalue weighted by atomic mass is 10.1. The van der Waals surface area contributed by atoms with E-state index in [4.69, 9.17) is 21.7 Å². The summed E-state index contributed by atoms with van der Waals surface area (Å²) < 4.78 is 13.2. The molecule has 0 radical (unpaired) electrons. The Morgan fingerprint density at radius 1 is 1.32 bits per heavy atom. The van der Waals surface area contributed by atoms with Crippen LogP contribution in [0.4, 0.5) is 0 Å². The molecule has 6 heteroatoms. The van der Waals surface area contributed by atoms with Crippen molar-refractivity contribution in [2.75, 3.05) is 7.11 Å². The first kappa shape index (κ1) is 15.7. The number of aromatic nitrogens is 2. The van der Waals surface area contributed by atoms with Crippen molar-refractivity contribution < 1.29 is 14.3 Å². The summed E-state index contributed by atoms with van der Waals surface area (Å²) in [7, 11) is 3.62. The van der Waals surface area contributed by atoms with Crippen molar-refractivity contribution in [2.24, 2.45) is 7.05 Å². The van der Waals surface area contributed by atoms with Gasteiger partial charge < -0.3 is 19.0 Å². The Bertz CT molecular complexity index is 1120. The summed E-state index contributed by atoms with van der Waals surface area (Å²) in [5, 5.41) is 1.02. The SMILES string of the molecule is COc1ccc2c(c1)c(/C=C1/OC(=O)c3c1cc(C)[nH]c3=S)cn2C. The predicted molar refractivity (Wildman–Crippen MR) is 99.1 cm³/mol. The number of aromatic amines is 1. The van der Waals surface area contributed by atoms with Crippen molar-refractivity contribution in [3.63, 3.8) is 0 Å². The highest BCUT2D eigenvalue weighted by Crippen LogP contribution is 2.34. The minimum Gasteiger partial charge on any atom is -0.497 e. The molecular weight excluding hydrogens is 336 g/mol. The van der Waals surface area contributed by atoms with Crippen molar-refractivity contribution >= 4 is 40.9 Å². The molecule has 0 fully saturated rings. The van der Waals surface area contributed by atoms with Gasteiger partial charge in [-0.05, 0) is 37.3 Å². The number of aryl methyl sites for hydroxylation is 2. The lowest BCUT2D eigenvalue weighted by molar-refractivity contribution is 0.0716. The largest absolute Gasteiger partial charge is 0.497 e. The summed E-state index contributed by atoms with van der Waals surface area (Å²) in [6.45, 7) is 1.90. The molecule has 3 heterocycles. The number of fused-ring (bicyclic) bond motifs is 2. The fourth-order valence-electron chi connectivity index (χ4n) is 3.18. The molecule has 1 aliphatic rings. The number of pyridine rings is 1. The van der Waals surface area contributed by atoms with Gasteiger partial charge in [0.15, 0.2) is 0 Å². The first-order valence-corrected chi connectivity index (χ1v) is 8.20. The standard InChI is InChI=1S/C19H16N2O3S/c1-10-6-14-16(24-19(22)17(14)18(25)20-10)7-11-9-21(2)15-5-4-12(23-3)8-13(11)15/h4-9H,1-3H3,(H,20,25)/b16-7+. The van der Waals surface area contributed by atoms with Crippen LogP contribution in [-0.2, 0) is 11.8 Å². The van der Waals surface area contributed by atoms with E-state index in [0.29, 0.717) is 16.0 Å². The number of esters is 1. The van der Waals surface area contributed by atoms with Crippen molar-refractivity contribution in [1.82, 2.24) is 9.55 Å². The van der Waals surface area contributed by atoms with E-state index in [1.54, 1.807) is 7.11 Å². The molecule has 0 saturated heterocycles. The number of nitrogens with one attached hydrogen (secondary N) is 1. The van der Waals surface area contributed by atoms with E-state index in [9.17, 15) is 4.79 Å². The first-order valence-electron chi connectivity index (χ1n) is 7.79.